The van der Waals surface area contributed by atoms with Crippen LogP contribution in [0.4, 0.5) is 0 Å². The molecule has 3 aliphatic rings. The SMILES string of the molecule is O=C1CCC(N2C(=O)c3ccc(C(=O)NCC4CCC4)cc3C2=O)C(=O)N1. The summed E-state index contributed by atoms with van der Waals surface area (Å²) >= 11 is 0. The van der Waals surface area contributed by atoms with Crippen molar-refractivity contribution < 1.29 is 24.0 Å². The van der Waals surface area contributed by atoms with E-state index in [1.54, 1.807) is 0 Å². The number of amides is 5. The van der Waals surface area contributed by atoms with Crippen molar-refractivity contribution in [1.29, 1.82) is 0 Å². The van der Waals surface area contributed by atoms with Crippen LogP contribution in [0.25, 0.3) is 0 Å². The Hall–Kier alpha value is -3.03. The third kappa shape index (κ3) is 3.01. The van der Waals surface area contributed by atoms with Gasteiger partial charge in [0.1, 0.15) is 6.04 Å². The monoisotopic (exact) mass is 369 g/mol. The van der Waals surface area contributed by atoms with Crippen molar-refractivity contribution in [3.05, 3.63) is 34.9 Å². The molecular weight excluding hydrogens is 350 g/mol. The Kier molecular flexibility index (Phi) is 4.25. The van der Waals surface area contributed by atoms with E-state index in [4.69, 9.17) is 0 Å². The number of rotatable bonds is 4. The Bertz CT molecular complexity index is 874. The topological polar surface area (TPSA) is 113 Å². The Morgan fingerprint density at radius 2 is 1.81 bits per heavy atom. The lowest BCUT2D eigenvalue weighted by Gasteiger charge is -2.27. The smallest absolute Gasteiger partial charge is 0.262 e. The number of imide groups is 2. The maximum absolute atomic E-state index is 12.7. The standard InChI is InChI=1S/C19H19N3O5/c23-15-7-6-14(17(25)21-15)22-18(26)12-5-4-11(8-13(12)19(22)27)16(24)20-9-10-2-1-3-10/h4-5,8,10,14H,1-3,6-7,9H2,(H,20,24)(H,21,23,25). The first-order valence-electron chi connectivity index (χ1n) is 9.09. The highest BCUT2D eigenvalue weighted by atomic mass is 16.2. The zero-order valence-corrected chi connectivity index (χ0v) is 14.6. The summed E-state index contributed by atoms with van der Waals surface area (Å²) in [6.45, 7) is 0.602. The minimum atomic E-state index is -1.01. The highest BCUT2D eigenvalue weighted by molar-refractivity contribution is 6.24. The molecule has 8 nitrogen and oxygen atoms in total. The molecule has 2 heterocycles. The fraction of sp³-hybridized carbons (Fsp3) is 0.421. The first-order valence-corrected chi connectivity index (χ1v) is 9.09. The molecule has 0 radical (unpaired) electrons. The molecule has 0 spiro atoms. The van der Waals surface area contributed by atoms with Crippen LogP contribution in [0.5, 0.6) is 0 Å². The molecule has 2 N–H and O–H groups in total. The van der Waals surface area contributed by atoms with Gasteiger partial charge >= 0.3 is 0 Å². The van der Waals surface area contributed by atoms with E-state index in [9.17, 15) is 24.0 Å². The van der Waals surface area contributed by atoms with E-state index in [1.165, 1.54) is 24.6 Å². The van der Waals surface area contributed by atoms with Gasteiger partial charge in [-0.1, -0.05) is 6.42 Å². The van der Waals surface area contributed by atoms with Gasteiger partial charge in [-0.15, -0.1) is 0 Å². The number of hydrogen-bond donors (Lipinski definition) is 2. The number of carbonyl (C=O) groups excluding carboxylic acids is 5. The quantitative estimate of drug-likeness (QED) is 0.756. The van der Waals surface area contributed by atoms with Gasteiger partial charge in [0.25, 0.3) is 17.7 Å². The molecule has 5 amide bonds. The van der Waals surface area contributed by atoms with E-state index in [-0.39, 0.29) is 29.9 Å². The molecule has 0 aromatic heterocycles. The molecule has 8 heteroatoms. The summed E-state index contributed by atoms with van der Waals surface area (Å²) < 4.78 is 0. The zero-order chi connectivity index (χ0) is 19.1. The summed E-state index contributed by atoms with van der Waals surface area (Å²) in [5.74, 6) is -2.04. The first-order chi connectivity index (χ1) is 13.0. The summed E-state index contributed by atoms with van der Waals surface area (Å²) in [6, 6.07) is 3.34. The van der Waals surface area contributed by atoms with Crippen molar-refractivity contribution in [2.45, 2.75) is 38.1 Å². The van der Waals surface area contributed by atoms with Crippen molar-refractivity contribution in [2.75, 3.05) is 6.54 Å². The summed E-state index contributed by atoms with van der Waals surface area (Å²) in [5.41, 5.74) is 0.584. The Morgan fingerprint density at radius 3 is 2.48 bits per heavy atom. The molecule has 2 aliphatic heterocycles. The molecule has 1 saturated heterocycles. The molecule has 4 rings (SSSR count). The normalized spacial score (nSPS) is 22.4. The molecule has 140 valence electrons. The van der Waals surface area contributed by atoms with Crippen molar-refractivity contribution in [3.8, 4) is 0 Å². The highest BCUT2D eigenvalue weighted by Gasteiger charge is 2.44. The third-order valence-electron chi connectivity index (χ3n) is 5.48. The average molecular weight is 369 g/mol. The summed E-state index contributed by atoms with van der Waals surface area (Å²) in [6.07, 6.45) is 3.58. The number of fused-ring (bicyclic) bond motifs is 1. The molecule has 1 aliphatic carbocycles. The van der Waals surface area contributed by atoms with Crippen LogP contribution in [0, 0.1) is 5.92 Å². The fourth-order valence-electron chi connectivity index (χ4n) is 3.65. The predicted molar refractivity (Wildman–Crippen MR) is 92.8 cm³/mol. The highest BCUT2D eigenvalue weighted by Crippen LogP contribution is 2.29. The van der Waals surface area contributed by atoms with Gasteiger partial charge in [0.15, 0.2) is 0 Å². The van der Waals surface area contributed by atoms with Crippen LogP contribution >= 0.6 is 0 Å². The van der Waals surface area contributed by atoms with Gasteiger partial charge < -0.3 is 5.32 Å². The van der Waals surface area contributed by atoms with Crippen molar-refractivity contribution in [3.63, 3.8) is 0 Å². The summed E-state index contributed by atoms with van der Waals surface area (Å²) in [4.78, 5) is 61.9. The second-order valence-corrected chi connectivity index (χ2v) is 7.21. The van der Waals surface area contributed by atoms with Crippen LogP contribution in [0.15, 0.2) is 18.2 Å². The van der Waals surface area contributed by atoms with Gasteiger partial charge in [-0.2, -0.15) is 0 Å². The van der Waals surface area contributed by atoms with Crippen molar-refractivity contribution in [1.82, 2.24) is 15.5 Å². The zero-order valence-electron chi connectivity index (χ0n) is 14.6. The second-order valence-electron chi connectivity index (χ2n) is 7.21. The lowest BCUT2D eigenvalue weighted by atomic mass is 9.85. The van der Waals surface area contributed by atoms with Crippen LogP contribution in [0.1, 0.15) is 63.2 Å². The number of hydrogen-bond acceptors (Lipinski definition) is 5. The van der Waals surface area contributed by atoms with E-state index < -0.39 is 29.7 Å². The Balaban J connectivity index is 1.53. The van der Waals surface area contributed by atoms with E-state index >= 15 is 0 Å². The van der Waals surface area contributed by atoms with Gasteiger partial charge in [-0.05, 0) is 43.4 Å². The maximum atomic E-state index is 12.7. The molecule has 2 fully saturated rings. The molecule has 1 aromatic carbocycles. The number of piperidine rings is 1. The summed E-state index contributed by atoms with van der Waals surface area (Å²) in [5, 5.41) is 5.01. The maximum Gasteiger partial charge on any atom is 0.262 e. The molecular formula is C19H19N3O5. The van der Waals surface area contributed by atoms with Gasteiger partial charge in [0, 0.05) is 18.5 Å². The van der Waals surface area contributed by atoms with E-state index in [0.717, 1.165) is 17.7 Å². The van der Waals surface area contributed by atoms with Gasteiger partial charge in [0.05, 0.1) is 11.1 Å². The minimum absolute atomic E-state index is 0.0681. The number of nitrogens with one attached hydrogen (secondary N) is 2. The minimum Gasteiger partial charge on any atom is -0.352 e. The van der Waals surface area contributed by atoms with Crippen LogP contribution in [-0.2, 0) is 9.59 Å². The second kappa shape index (κ2) is 6.61. The van der Waals surface area contributed by atoms with Crippen LogP contribution in [-0.4, -0.2) is 47.0 Å². The number of nitrogens with zero attached hydrogens (tertiary/aromatic N) is 1. The summed E-state index contributed by atoms with van der Waals surface area (Å²) in [7, 11) is 0. The third-order valence-corrected chi connectivity index (χ3v) is 5.48. The van der Waals surface area contributed by atoms with Gasteiger partial charge in [-0.3, -0.25) is 34.2 Å². The van der Waals surface area contributed by atoms with Crippen LogP contribution < -0.4 is 10.6 Å². The van der Waals surface area contributed by atoms with E-state index in [0.29, 0.717) is 18.0 Å². The molecule has 27 heavy (non-hydrogen) atoms. The molecule has 1 unspecified atom stereocenters. The van der Waals surface area contributed by atoms with Crippen LogP contribution in [0.2, 0.25) is 0 Å². The van der Waals surface area contributed by atoms with Gasteiger partial charge in [0.2, 0.25) is 11.8 Å². The molecule has 1 atom stereocenters. The number of benzene rings is 1. The van der Waals surface area contributed by atoms with E-state index in [1.807, 2.05) is 0 Å². The lowest BCUT2D eigenvalue weighted by Crippen LogP contribution is -2.54. The van der Waals surface area contributed by atoms with Crippen LogP contribution in [0.3, 0.4) is 0 Å². The lowest BCUT2D eigenvalue weighted by molar-refractivity contribution is -0.136. The first kappa shape index (κ1) is 17.4. The average Bonchev–Trinajstić information content (AvgIpc) is 2.84. The van der Waals surface area contributed by atoms with Crippen molar-refractivity contribution >= 4 is 29.5 Å². The predicted octanol–water partition coefficient (Wildman–Crippen LogP) is 0.618. The fourth-order valence-corrected chi connectivity index (χ4v) is 3.65. The molecule has 1 aromatic rings. The molecule has 0 bridgehead atoms. The Morgan fingerprint density at radius 1 is 1.07 bits per heavy atom. The van der Waals surface area contributed by atoms with Gasteiger partial charge in [-0.25, -0.2) is 0 Å². The van der Waals surface area contributed by atoms with Crippen molar-refractivity contribution in [2.24, 2.45) is 5.92 Å². The Labute approximate surface area is 155 Å². The largest absolute Gasteiger partial charge is 0.352 e. The molecule has 1 saturated carbocycles. The number of carbonyl (C=O) groups is 5. The van der Waals surface area contributed by atoms with E-state index in [2.05, 4.69) is 10.6 Å².